The summed E-state index contributed by atoms with van der Waals surface area (Å²) in [6.07, 6.45) is 3.30. The summed E-state index contributed by atoms with van der Waals surface area (Å²) in [5.41, 5.74) is -1.11. The molecular formula is C11H17N3O5S. The summed E-state index contributed by atoms with van der Waals surface area (Å²) in [6.45, 7) is 0.472. The summed E-state index contributed by atoms with van der Waals surface area (Å²) in [6, 6.07) is 0. The molecule has 0 saturated carbocycles. The summed E-state index contributed by atoms with van der Waals surface area (Å²) in [4.78, 5) is 15.2. The summed E-state index contributed by atoms with van der Waals surface area (Å²) in [5, 5.41) is 9.23. The Bertz CT molecular complexity index is 589. The van der Waals surface area contributed by atoms with Gasteiger partial charge in [-0.3, -0.25) is 4.79 Å². The molecule has 112 valence electrons. The fourth-order valence-electron chi connectivity index (χ4n) is 2.06. The van der Waals surface area contributed by atoms with Crippen LogP contribution in [0.1, 0.15) is 12.8 Å². The van der Waals surface area contributed by atoms with Crippen LogP contribution in [0.4, 0.5) is 0 Å². The highest BCUT2D eigenvalue weighted by Crippen LogP contribution is 2.30. The maximum Gasteiger partial charge on any atom is 0.311 e. The first kappa shape index (κ1) is 14.9. The topological polar surface area (TPSA) is 111 Å². The Hall–Kier alpha value is -1.45. The molecule has 2 N–H and O–H groups in total. The lowest BCUT2D eigenvalue weighted by Gasteiger charge is -2.32. The number of carboxylic acids is 1. The van der Waals surface area contributed by atoms with Gasteiger partial charge in [-0.05, 0) is 12.8 Å². The fourth-order valence-corrected chi connectivity index (χ4v) is 3.17. The van der Waals surface area contributed by atoms with Crippen molar-refractivity contribution in [2.45, 2.75) is 17.9 Å². The molecule has 0 bridgehead atoms. The number of rotatable bonds is 5. The van der Waals surface area contributed by atoms with Crippen LogP contribution in [0.15, 0.2) is 17.6 Å². The summed E-state index contributed by atoms with van der Waals surface area (Å²) in [7, 11) is -2.14. The van der Waals surface area contributed by atoms with Crippen LogP contribution in [0.25, 0.3) is 0 Å². The molecule has 1 aromatic rings. The number of aromatic nitrogens is 2. The molecule has 20 heavy (non-hydrogen) atoms. The zero-order valence-electron chi connectivity index (χ0n) is 11.1. The van der Waals surface area contributed by atoms with E-state index in [2.05, 4.69) is 9.71 Å². The van der Waals surface area contributed by atoms with E-state index in [1.54, 1.807) is 7.05 Å². The van der Waals surface area contributed by atoms with E-state index in [1.165, 1.54) is 17.1 Å². The molecular weight excluding hydrogens is 286 g/mol. The summed E-state index contributed by atoms with van der Waals surface area (Å²) in [5.74, 6) is -1.01. The smallest absolute Gasteiger partial charge is 0.311 e. The van der Waals surface area contributed by atoms with Crippen molar-refractivity contribution < 1.29 is 23.1 Å². The molecule has 1 aromatic heterocycles. The Balaban J connectivity index is 2.11. The Morgan fingerprint density at radius 2 is 2.20 bits per heavy atom. The number of carboxylic acid groups (broad SMARTS) is 1. The minimum Gasteiger partial charge on any atom is -0.481 e. The molecule has 0 unspecified atom stereocenters. The van der Waals surface area contributed by atoms with Crippen LogP contribution in [-0.2, 0) is 26.6 Å². The lowest BCUT2D eigenvalue weighted by molar-refractivity contribution is -0.154. The van der Waals surface area contributed by atoms with Crippen molar-refractivity contribution in [2.75, 3.05) is 19.8 Å². The van der Waals surface area contributed by atoms with Gasteiger partial charge in [-0.1, -0.05) is 0 Å². The van der Waals surface area contributed by atoms with Gasteiger partial charge >= 0.3 is 5.97 Å². The largest absolute Gasteiger partial charge is 0.481 e. The van der Waals surface area contributed by atoms with E-state index >= 15 is 0 Å². The number of aliphatic carboxylic acids is 1. The number of hydrogen-bond donors (Lipinski definition) is 2. The number of imidazole rings is 1. The molecule has 1 aliphatic heterocycles. The summed E-state index contributed by atoms with van der Waals surface area (Å²) >= 11 is 0. The minimum absolute atomic E-state index is 0.118. The number of carbonyl (C=O) groups is 1. The lowest BCUT2D eigenvalue weighted by atomic mass is 9.80. The molecule has 0 radical (unpaired) electrons. The number of nitrogens with one attached hydrogen (secondary N) is 1. The molecule has 1 saturated heterocycles. The molecule has 0 atom stereocenters. The maximum atomic E-state index is 12.0. The standard InChI is InChI=1S/C11H17N3O5S/c1-14-6-9(12-8-14)20(17,18)13-7-11(10(15)16)2-4-19-5-3-11/h6,8,13H,2-5,7H2,1H3,(H,15,16). The number of ether oxygens (including phenoxy) is 1. The predicted molar refractivity (Wildman–Crippen MR) is 68.5 cm³/mol. The van der Waals surface area contributed by atoms with Crippen molar-refractivity contribution in [3.8, 4) is 0 Å². The van der Waals surface area contributed by atoms with Crippen molar-refractivity contribution in [1.82, 2.24) is 14.3 Å². The second kappa shape index (κ2) is 5.51. The zero-order chi connectivity index (χ0) is 14.8. The quantitative estimate of drug-likeness (QED) is 0.764. The van der Waals surface area contributed by atoms with Gasteiger partial charge in [0.1, 0.15) is 0 Å². The van der Waals surface area contributed by atoms with E-state index in [9.17, 15) is 18.3 Å². The van der Waals surface area contributed by atoms with Crippen LogP contribution < -0.4 is 4.72 Å². The van der Waals surface area contributed by atoms with E-state index in [4.69, 9.17) is 4.74 Å². The molecule has 1 fully saturated rings. The molecule has 2 rings (SSSR count). The van der Waals surface area contributed by atoms with Gasteiger partial charge in [-0.25, -0.2) is 18.1 Å². The van der Waals surface area contributed by atoms with Crippen molar-refractivity contribution in [2.24, 2.45) is 12.5 Å². The van der Waals surface area contributed by atoms with Gasteiger partial charge in [0.15, 0.2) is 5.03 Å². The summed E-state index contributed by atoms with van der Waals surface area (Å²) < 4.78 is 33.1. The van der Waals surface area contributed by atoms with E-state index < -0.39 is 21.4 Å². The van der Waals surface area contributed by atoms with Crippen LogP contribution in [-0.4, -0.2) is 48.8 Å². The van der Waals surface area contributed by atoms with Crippen LogP contribution >= 0.6 is 0 Å². The normalized spacial score (nSPS) is 18.9. The Morgan fingerprint density at radius 3 is 2.70 bits per heavy atom. The highest BCUT2D eigenvalue weighted by molar-refractivity contribution is 7.89. The third kappa shape index (κ3) is 3.00. The first-order valence-corrected chi connectivity index (χ1v) is 7.63. The lowest BCUT2D eigenvalue weighted by Crippen LogP contribution is -2.46. The van der Waals surface area contributed by atoms with Crippen LogP contribution in [0.2, 0.25) is 0 Å². The third-order valence-corrected chi connectivity index (χ3v) is 4.75. The van der Waals surface area contributed by atoms with E-state index in [0.717, 1.165) is 0 Å². The van der Waals surface area contributed by atoms with Crippen molar-refractivity contribution >= 4 is 16.0 Å². The molecule has 0 spiro atoms. The molecule has 8 nitrogen and oxygen atoms in total. The van der Waals surface area contributed by atoms with E-state index in [1.807, 2.05) is 0 Å². The highest BCUT2D eigenvalue weighted by atomic mass is 32.2. The first-order valence-electron chi connectivity index (χ1n) is 6.14. The molecule has 0 aromatic carbocycles. The van der Waals surface area contributed by atoms with Gasteiger partial charge in [0.05, 0.1) is 11.7 Å². The average Bonchev–Trinajstić information content (AvgIpc) is 2.85. The molecule has 9 heteroatoms. The van der Waals surface area contributed by atoms with Gasteiger partial charge < -0.3 is 14.4 Å². The van der Waals surface area contributed by atoms with Gasteiger partial charge in [0.25, 0.3) is 10.0 Å². The molecule has 1 aliphatic rings. The second-order valence-corrected chi connectivity index (χ2v) is 6.61. The minimum atomic E-state index is -3.80. The van der Waals surface area contributed by atoms with Crippen molar-refractivity contribution in [3.63, 3.8) is 0 Å². The monoisotopic (exact) mass is 303 g/mol. The first-order chi connectivity index (χ1) is 9.36. The van der Waals surface area contributed by atoms with Crippen molar-refractivity contribution in [1.29, 1.82) is 0 Å². The van der Waals surface area contributed by atoms with Gasteiger partial charge in [-0.15, -0.1) is 0 Å². The number of aryl methyl sites for hydroxylation is 1. The average molecular weight is 303 g/mol. The number of sulfonamides is 1. The van der Waals surface area contributed by atoms with Gasteiger partial charge in [0.2, 0.25) is 0 Å². The highest BCUT2D eigenvalue weighted by Gasteiger charge is 2.41. The van der Waals surface area contributed by atoms with E-state index in [-0.39, 0.29) is 24.4 Å². The molecule has 0 aliphatic carbocycles. The van der Waals surface area contributed by atoms with Crippen LogP contribution in [0.5, 0.6) is 0 Å². The number of hydrogen-bond acceptors (Lipinski definition) is 5. The third-order valence-electron chi connectivity index (χ3n) is 3.46. The second-order valence-electron chi connectivity index (χ2n) is 4.90. The van der Waals surface area contributed by atoms with Gasteiger partial charge in [-0.2, -0.15) is 0 Å². The van der Waals surface area contributed by atoms with Crippen LogP contribution in [0, 0.1) is 5.41 Å². The van der Waals surface area contributed by atoms with Crippen LogP contribution in [0.3, 0.4) is 0 Å². The Kier molecular flexibility index (Phi) is 4.11. The Labute approximate surface area is 116 Å². The zero-order valence-corrected chi connectivity index (χ0v) is 11.9. The number of nitrogens with zero attached hydrogens (tertiary/aromatic N) is 2. The van der Waals surface area contributed by atoms with E-state index in [0.29, 0.717) is 13.2 Å². The molecule has 2 heterocycles. The molecule has 0 amide bonds. The van der Waals surface area contributed by atoms with Gasteiger partial charge in [0, 0.05) is 33.0 Å². The fraction of sp³-hybridized carbons (Fsp3) is 0.636. The maximum absolute atomic E-state index is 12.0. The predicted octanol–water partition coefficient (Wildman–Crippen LogP) is -0.420. The van der Waals surface area contributed by atoms with Crippen molar-refractivity contribution in [3.05, 3.63) is 12.5 Å². The SMILES string of the molecule is Cn1cnc(S(=O)(=O)NCC2(C(=O)O)CCOCC2)c1. The Morgan fingerprint density at radius 1 is 1.55 bits per heavy atom.